The van der Waals surface area contributed by atoms with Crippen LogP contribution in [0.1, 0.15) is 28.5 Å². The van der Waals surface area contributed by atoms with Gasteiger partial charge in [0, 0.05) is 29.8 Å². The van der Waals surface area contributed by atoms with Crippen LogP contribution in [0.2, 0.25) is 0 Å². The second-order valence-corrected chi connectivity index (χ2v) is 7.39. The zero-order valence-corrected chi connectivity index (χ0v) is 14.2. The van der Waals surface area contributed by atoms with Gasteiger partial charge >= 0.3 is 0 Å². The minimum atomic E-state index is -3.60. The molecule has 3 rings (SSSR count). The molecule has 0 spiro atoms. The Labute approximate surface area is 140 Å². The van der Waals surface area contributed by atoms with Gasteiger partial charge in [0.1, 0.15) is 0 Å². The summed E-state index contributed by atoms with van der Waals surface area (Å²) in [7, 11) is -3.60. The number of nitrogens with one attached hydrogen (secondary N) is 1. The summed E-state index contributed by atoms with van der Waals surface area (Å²) in [6.45, 7) is 3.36. The molecule has 1 aromatic heterocycles. The molecule has 0 bridgehead atoms. The summed E-state index contributed by atoms with van der Waals surface area (Å²) in [4.78, 5) is 11.4. The molecule has 0 amide bonds. The van der Waals surface area contributed by atoms with Gasteiger partial charge in [-0.2, -0.15) is 5.10 Å². The highest BCUT2D eigenvalue weighted by Gasteiger charge is 2.17. The summed E-state index contributed by atoms with van der Waals surface area (Å²) in [6, 6.07) is 5.90. The quantitative estimate of drug-likeness (QED) is 0.790. The number of sulfonamides is 1. The summed E-state index contributed by atoms with van der Waals surface area (Å²) >= 11 is 0. The van der Waals surface area contributed by atoms with Gasteiger partial charge in [-0.05, 0) is 19.1 Å². The maximum atomic E-state index is 12.3. The molecule has 0 saturated heterocycles. The van der Waals surface area contributed by atoms with Crippen molar-refractivity contribution in [3.63, 3.8) is 0 Å². The molecule has 24 heavy (non-hydrogen) atoms. The van der Waals surface area contributed by atoms with Crippen molar-refractivity contribution in [3.8, 4) is 0 Å². The fourth-order valence-corrected chi connectivity index (χ4v) is 3.66. The summed E-state index contributed by atoms with van der Waals surface area (Å²) in [5.74, 6) is -0.0978. The first-order chi connectivity index (χ1) is 11.5. The first-order valence-electron chi connectivity index (χ1n) is 7.69. The normalized spacial score (nSPS) is 14.4. The zero-order valence-electron chi connectivity index (χ0n) is 13.4. The molecule has 0 unspecified atom stereocenters. The van der Waals surface area contributed by atoms with Gasteiger partial charge in [-0.1, -0.05) is 12.1 Å². The van der Waals surface area contributed by atoms with Crippen molar-refractivity contribution in [3.05, 3.63) is 47.3 Å². The first-order valence-corrected chi connectivity index (χ1v) is 9.17. The highest BCUT2D eigenvalue weighted by Crippen LogP contribution is 2.16. The Balaban J connectivity index is 1.63. The Morgan fingerprint density at radius 1 is 1.33 bits per heavy atom. The minimum Gasteiger partial charge on any atom is -0.376 e. The van der Waals surface area contributed by atoms with E-state index in [1.807, 2.05) is 4.68 Å². The van der Waals surface area contributed by atoms with Crippen molar-refractivity contribution in [2.75, 3.05) is 13.2 Å². The van der Waals surface area contributed by atoms with E-state index in [4.69, 9.17) is 4.74 Å². The maximum absolute atomic E-state index is 12.3. The summed E-state index contributed by atoms with van der Waals surface area (Å²) in [5.41, 5.74) is 2.65. The van der Waals surface area contributed by atoms with Crippen LogP contribution < -0.4 is 4.72 Å². The van der Waals surface area contributed by atoms with Crippen LogP contribution in [0.15, 0.2) is 35.4 Å². The first kappa shape index (κ1) is 16.8. The van der Waals surface area contributed by atoms with E-state index in [1.54, 1.807) is 6.20 Å². The summed E-state index contributed by atoms with van der Waals surface area (Å²) in [6.07, 6.45) is 2.55. The maximum Gasteiger partial charge on any atom is 0.240 e. The number of carbonyl (C=O) groups is 1. The lowest BCUT2D eigenvalue weighted by atomic mass is 10.2. The molecule has 0 saturated carbocycles. The number of hydrogen-bond donors (Lipinski definition) is 1. The van der Waals surface area contributed by atoms with Crippen molar-refractivity contribution >= 4 is 15.8 Å². The van der Waals surface area contributed by atoms with Gasteiger partial charge in [0.2, 0.25) is 10.0 Å². The molecule has 128 valence electrons. The zero-order chi connectivity index (χ0) is 17.2. The molecule has 2 aromatic rings. The largest absolute Gasteiger partial charge is 0.376 e. The topological polar surface area (TPSA) is 90.3 Å². The molecule has 0 fully saturated rings. The lowest BCUT2D eigenvalue weighted by Gasteiger charge is -2.15. The van der Waals surface area contributed by atoms with E-state index in [1.165, 1.54) is 31.2 Å². The Morgan fingerprint density at radius 3 is 2.79 bits per heavy atom. The van der Waals surface area contributed by atoms with Crippen molar-refractivity contribution < 1.29 is 17.9 Å². The Bertz CT molecular complexity index is 841. The third-order valence-electron chi connectivity index (χ3n) is 3.96. The molecule has 1 aliphatic heterocycles. The monoisotopic (exact) mass is 349 g/mol. The molecule has 1 aliphatic rings. The van der Waals surface area contributed by atoms with Gasteiger partial charge in [-0.3, -0.25) is 9.48 Å². The van der Waals surface area contributed by atoms with Gasteiger partial charge in [0.15, 0.2) is 5.78 Å². The van der Waals surface area contributed by atoms with E-state index in [-0.39, 0.29) is 17.2 Å². The van der Waals surface area contributed by atoms with Crippen LogP contribution in [0.5, 0.6) is 0 Å². The highest BCUT2D eigenvalue weighted by atomic mass is 32.2. The molecule has 1 N–H and O–H groups in total. The fourth-order valence-electron chi connectivity index (χ4n) is 2.64. The summed E-state index contributed by atoms with van der Waals surface area (Å²) < 4.78 is 34.3. The van der Waals surface area contributed by atoms with Crippen LogP contribution in [-0.4, -0.2) is 37.1 Å². The third-order valence-corrected chi connectivity index (χ3v) is 5.44. The van der Waals surface area contributed by atoms with Gasteiger partial charge in [0.25, 0.3) is 0 Å². The molecule has 2 heterocycles. The molecular formula is C16H19N3O4S. The molecule has 0 radical (unpaired) electrons. The molecule has 0 aliphatic carbocycles. The fraction of sp³-hybridized carbons (Fsp3) is 0.375. The van der Waals surface area contributed by atoms with Crippen LogP contribution in [-0.2, 0) is 34.3 Å². The third kappa shape index (κ3) is 3.55. The van der Waals surface area contributed by atoms with Crippen LogP contribution in [0.25, 0.3) is 0 Å². The number of ketones is 1. The predicted molar refractivity (Wildman–Crippen MR) is 87.2 cm³/mol. The molecule has 8 heteroatoms. The Hall–Kier alpha value is -2.03. The second-order valence-electron chi connectivity index (χ2n) is 5.62. The second kappa shape index (κ2) is 6.84. The number of hydrogen-bond acceptors (Lipinski definition) is 5. The van der Waals surface area contributed by atoms with Crippen LogP contribution in [0.3, 0.4) is 0 Å². The molecule has 0 atom stereocenters. The summed E-state index contributed by atoms with van der Waals surface area (Å²) in [5, 5.41) is 4.29. The van der Waals surface area contributed by atoms with Gasteiger partial charge in [-0.25, -0.2) is 13.1 Å². The van der Waals surface area contributed by atoms with Crippen LogP contribution in [0.4, 0.5) is 0 Å². The standard InChI is InChI=1S/C16H19N3O4S/c1-12(20)13-2-4-15(5-3-13)24(21,22)18-7-8-19-16-6-9-23-11-14(16)10-17-19/h2-5,10,18H,6-9,11H2,1H3. The number of ether oxygens (including phenoxy) is 1. The highest BCUT2D eigenvalue weighted by molar-refractivity contribution is 7.89. The van der Waals surface area contributed by atoms with E-state index in [2.05, 4.69) is 9.82 Å². The molecular weight excluding hydrogens is 330 g/mol. The number of benzene rings is 1. The number of nitrogens with zero attached hydrogens (tertiary/aromatic N) is 2. The number of carbonyl (C=O) groups excluding carboxylic acids is 1. The Kier molecular flexibility index (Phi) is 4.79. The molecule has 1 aromatic carbocycles. The van der Waals surface area contributed by atoms with Crippen LogP contribution in [0, 0.1) is 0 Å². The minimum absolute atomic E-state index is 0.0978. The van der Waals surface area contributed by atoms with Gasteiger partial charge in [0.05, 0.1) is 30.9 Å². The van der Waals surface area contributed by atoms with Crippen LogP contribution >= 0.6 is 0 Å². The Morgan fingerprint density at radius 2 is 2.08 bits per heavy atom. The van der Waals surface area contributed by atoms with Gasteiger partial charge < -0.3 is 4.74 Å². The van der Waals surface area contributed by atoms with Gasteiger partial charge in [-0.15, -0.1) is 0 Å². The number of Topliss-reactive ketones (excluding diaryl/α,β-unsaturated/α-hetero) is 1. The van der Waals surface area contributed by atoms with Crippen molar-refractivity contribution in [1.82, 2.24) is 14.5 Å². The van der Waals surface area contributed by atoms with Crippen molar-refractivity contribution in [2.24, 2.45) is 0 Å². The molecule has 7 nitrogen and oxygen atoms in total. The van der Waals surface area contributed by atoms with E-state index in [9.17, 15) is 13.2 Å². The lowest BCUT2D eigenvalue weighted by Crippen LogP contribution is -2.28. The van der Waals surface area contributed by atoms with Crippen molar-refractivity contribution in [2.45, 2.75) is 31.4 Å². The number of aromatic nitrogens is 2. The number of fused-ring (bicyclic) bond motifs is 1. The predicted octanol–water partition coefficient (Wildman–Crippen LogP) is 1.14. The van der Waals surface area contributed by atoms with E-state index >= 15 is 0 Å². The van der Waals surface area contributed by atoms with E-state index < -0.39 is 10.0 Å². The lowest BCUT2D eigenvalue weighted by molar-refractivity contribution is 0.101. The SMILES string of the molecule is CC(=O)c1ccc(S(=O)(=O)NCCn2ncc3c2CCOC3)cc1. The van der Waals surface area contributed by atoms with Crippen molar-refractivity contribution in [1.29, 1.82) is 0 Å². The average Bonchev–Trinajstić information content (AvgIpc) is 2.98. The van der Waals surface area contributed by atoms with E-state index in [0.29, 0.717) is 25.3 Å². The smallest absolute Gasteiger partial charge is 0.240 e. The number of rotatable bonds is 6. The van der Waals surface area contributed by atoms with E-state index in [0.717, 1.165) is 17.7 Å². The average molecular weight is 349 g/mol.